The molecule has 1 aliphatic rings. The molecule has 0 aromatic rings. The topological polar surface area (TPSA) is 3.24 Å². The molecular formula is C9H17BrNP. The normalized spacial score (nSPS) is 21.8. The highest BCUT2D eigenvalue weighted by Gasteiger charge is 2.14. The highest BCUT2D eigenvalue weighted by molar-refractivity contribution is 9.11. The zero-order valence-electron chi connectivity index (χ0n) is 8.02. The van der Waals surface area contributed by atoms with E-state index in [2.05, 4.69) is 41.4 Å². The summed E-state index contributed by atoms with van der Waals surface area (Å²) in [7, 11) is 0.983. The van der Waals surface area contributed by atoms with E-state index >= 15 is 0 Å². The van der Waals surface area contributed by atoms with Crippen LogP contribution in [0.15, 0.2) is 10.1 Å². The van der Waals surface area contributed by atoms with Gasteiger partial charge in [0.2, 0.25) is 0 Å². The van der Waals surface area contributed by atoms with Crippen molar-refractivity contribution in [3.8, 4) is 0 Å². The molecule has 1 nitrogen and oxygen atoms in total. The summed E-state index contributed by atoms with van der Waals surface area (Å²) in [6.07, 6.45) is 1.24. The molecule has 1 aliphatic heterocycles. The van der Waals surface area contributed by atoms with Crippen LogP contribution in [-0.4, -0.2) is 23.4 Å². The van der Waals surface area contributed by atoms with Crippen LogP contribution in [0.4, 0.5) is 0 Å². The first-order chi connectivity index (χ1) is 5.59. The zero-order chi connectivity index (χ0) is 9.14. The van der Waals surface area contributed by atoms with Crippen LogP contribution in [0.1, 0.15) is 27.2 Å². The van der Waals surface area contributed by atoms with Crippen molar-refractivity contribution in [3.63, 3.8) is 0 Å². The van der Waals surface area contributed by atoms with Crippen LogP contribution < -0.4 is 0 Å². The van der Waals surface area contributed by atoms with Crippen molar-refractivity contribution in [1.29, 1.82) is 0 Å². The Balaban J connectivity index is 2.44. The second kappa shape index (κ2) is 4.74. The van der Waals surface area contributed by atoms with Gasteiger partial charge in [-0.25, -0.2) is 0 Å². The Kier molecular flexibility index (Phi) is 4.22. The van der Waals surface area contributed by atoms with Crippen LogP contribution in [-0.2, 0) is 0 Å². The van der Waals surface area contributed by atoms with Gasteiger partial charge >= 0.3 is 0 Å². The van der Waals surface area contributed by atoms with Gasteiger partial charge in [-0.3, -0.25) is 4.67 Å². The minimum Gasteiger partial charge on any atom is -0.279 e. The third-order valence-corrected chi connectivity index (χ3v) is 4.18. The fourth-order valence-electron chi connectivity index (χ4n) is 1.30. The van der Waals surface area contributed by atoms with Crippen LogP contribution in [0.3, 0.4) is 0 Å². The smallest absolute Gasteiger partial charge is 0.0335 e. The molecular weight excluding hydrogens is 233 g/mol. The van der Waals surface area contributed by atoms with E-state index in [4.69, 9.17) is 0 Å². The summed E-state index contributed by atoms with van der Waals surface area (Å²) in [6, 6.07) is 0. The van der Waals surface area contributed by atoms with E-state index in [0.29, 0.717) is 0 Å². The van der Waals surface area contributed by atoms with E-state index in [1.165, 1.54) is 23.0 Å². The number of rotatable bonds is 2. The van der Waals surface area contributed by atoms with E-state index in [9.17, 15) is 0 Å². The first kappa shape index (κ1) is 10.7. The monoisotopic (exact) mass is 249 g/mol. The predicted octanol–water partition coefficient (Wildman–Crippen LogP) is 3.36. The lowest BCUT2D eigenvalue weighted by atomic mass is 10.1. The molecule has 0 radical (unpaired) electrons. The summed E-state index contributed by atoms with van der Waals surface area (Å²) in [5.41, 5.74) is 2.34. The number of nitrogens with zero attached hydrogens (tertiary/aromatic N) is 1. The summed E-state index contributed by atoms with van der Waals surface area (Å²) in [5, 5.41) is 0. The largest absolute Gasteiger partial charge is 0.279 e. The Morgan fingerprint density at radius 3 is 2.67 bits per heavy atom. The van der Waals surface area contributed by atoms with Gasteiger partial charge in [0.1, 0.15) is 0 Å². The summed E-state index contributed by atoms with van der Waals surface area (Å²) in [6.45, 7) is 9.18. The summed E-state index contributed by atoms with van der Waals surface area (Å²) in [4.78, 5) is 0. The molecule has 70 valence electrons. The average Bonchev–Trinajstić information content (AvgIpc) is 1.96. The minimum absolute atomic E-state index is 0.809. The van der Waals surface area contributed by atoms with Crippen LogP contribution in [0.5, 0.6) is 0 Å². The van der Waals surface area contributed by atoms with Crippen LogP contribution in [0, 0.1) is 0 Å². The maximum Gasteiger partial charge on any atom is 0.0335 e. The predicted molar refractivity (Wildman–Crippen MR) is 61.3 cm³/mol. The highest BCUT2D eigenvalue weighted by atomic mass is 79.9. The third kappa shape index (κ3) is 3.16. The van der Waals surface area contributed by atoms with Crippen molar-refractivity contribution < 1.29 is 0 Å². The molecule has 12 heavy (non-hydrogen) atoms. The molecule has 0 saturated heterocycles. The molecule has 0 saturated carbocycles. The van der Waals surface area contributed by atoms with Crippen molar-refractivity contribution in [2.75, 3.05) is 13.1 Å². The van der Waals surface area contributed by atoms with Gasteiger partial charge < -0.3 is 0 Å². The van der Waals surface area contributed by atoms with Gasteiger partial charge in [0.25, 0.3) is 0 Å². The van der Waals surface area contributed by atoms with Crippen molar-refractivity contribution in [1.82, 2.24) is 4.67 Å². The number of hydrogen-bond donors (Lipinski definition) is 0. The quantitative estimate of drug-likeness (QED) is 0.679. The van der Waals surface area contributed by atoms with E-state index < -0.39 is 0 Å². The standard InChI is InChI=1S/C9H17BrNP/c1-7(2)12-11-5-4-8(3)9(10)6-11/h7,12H,4-6H2,1-3H3. The van der Waals surface area contributed by atoms with Gasteiger partial charge in [-0.05, 0) is 27.7 Å². The maximum absolute atomic E-state index is 3.63. The highest BCUT2D eigenvalue weighted by Crippen LogP contribution is 2.31. The third-order valence-electron chi connectivity index (χ3n) is 1.99. The summed E-state index contributed by atoms with van der Waals surface area (Å²) in [5.74, 6) is 0. The number of halogens is 1. The van der Waals surface area contributed by atoms with Crippen molar-refractivity contribution >= 4 is 24.7 Å². The Morgan fingerprint density at radius 1 is 1.50 bits per heavy atom. The average molecular weight is 250 g/mol. The second-order valence-electron chi connectivity index (χ2n) is 3.64. The molecule has 0 bridgehead atoms. The van der Waals surface area contributed by atoms with Crippen LogP contribution in [0.25, 0.3) is 0 Å². The second-order valence-corrected chi connectivity index (χ2v) is 6.64. The maximum atomic E-state index is 3.63. The Bertz CT molecular complexity index is 189. The van der Waals surface area contributed by atoms with E-state index in [0.717, 1.165) is 20.9 Å². The molecule has 0 aliphatic carbocycles. The first-order valence-corrected chi connectivity index (χ1v) is 6.26. The van der Waals surface area contributed by atoms with Crippen LogP contribution in [0.2, 0.25) is 0 Å². The van der Waals surface area contributed by atoms with E-state index in [1.54, 1.807) is 0 Å². The van der Waals surface area contributed by atoms with Crippen molar-refractivity contribution in [2.24, 2.45) is 0 Å². The number of hydrogen-bond acceptors (Lipinski definition) is 1. The molecule has 3 heteroatoms. The molecule has 0 fully saturated rings. The van der Waals surface area contributed by atoms with Gasteiger partial charge in [0, 0.05) is 17.6 Å². The first-order valence-electron chi connectivity index (χ1n) is 4.45. The molecule has 1 unspecified atom stereocenters. The zero-order valence-corrected chi connectivity index (χ0v) is 10.6. The summed E-state index contributed by atoms with van der Waals surface area (Å²) >= 11 is 3.63. The molecule has 1 heterocycles. The molecule has 1 atom stereocenters. The molecule has 1 rings (SSSR count). The van der Waals surface area contributed by atoms with Gasteiger partial charge in [-0.2, -0.15) is 0 Å². The lowest BCUT2D eigenvalue weighted by Gasteiger charge is -2.28. The fourth-order valence-corrected chi connectivity index (χ4v) is 3.25. The van der Waals surface area contributed by atoms with Gasteiger partial charge in [0.15, 0.2) is 0 Å². The van der Waals surface area contributed by atoms with Gasteiger partial charge in [-0.15, -0.1) is 0 Å². The van der Waals surface area contributed by atoms with Crippen molar-refractivity contribution in [3.05, 3.63) is 10.1 Å². The van der Waals surface area contributed by atoms with Crippen molar-refractivity contribution in [2.45, 2.75) is 32.9 Å². The van der Waals surface area contributed by atoms with E-state index in [1.807, 2.05) is 0 Å². The summed E-state index contributed by atoms with van der Waals surface area (Å²) < 4.78 is 3.95. The molecule has 0 spiro atoms. The Labute approximate surface area is 85.6 Å². The minimum atomic E-state index is 0.809. The molecule has 0 aromatic heterocycles. The van der Waals surface area contributed by atoms with Gasteiger partial charge in [0.05, 0.1) is 0 Å². The Morgan fingerprint density at radius 2 is 2.17 bits per heavy atom. The SMILES string of the molecule is CC1=C(Br)CN(PC(C)C)CC1. The van der Waals surface area contributed by atoms with E-state index in [-0.39, 0.29) is 0 Å². The van der Waals surface area contributed by atoms with Gasteiger partial charge in [-0.1, -0.05) is 35.4 Å². The molecule has 0 aromatic carbocycles. The lowest BCUT2D eigenvalue weighted by Crippen LogP contribution is -2.23. The van der Waals surface area contributed by atoms with Crippen LogP contribution >= 0.6 is 24.7 Å². The molecule has 0 N–H and O–H groups in total. The molecule has 0 amide bonds. The lowest BCUT2D eigenvalue weighted by molar-refractivity contribution is 0.484. The Hall–Kier alpha value is 0.610. The fraction of sp³-hybridized carbons (Fsp3) is 0.778.